The molecule has 1 aromatic rings. The third kappa shape index (κ3) is 2.29. The number of hydrogen-bond acceptors (Lipinski definition) is 4. The first-order valence-corrected chi connectivity index (χ1v) is 5.76. The Kier molecular flexibility index (Phi) is 3.57. The Balaban J connectivity index is 3.19. The Bertz CT molecular complexity index is 374. The Morgan fingerprint density at radius 3 is 2.64 bits per heavy atom. The summed E-state index contributed by atoms with van der Waals surface area (Å²) in [6.07, 6.45) is 1.91. The van der Waals surface area contributed by atoms with Gasteiger partial charge in [0.2, 0.25) is 5.88 Å². The van der Waals surface area contributed by atoms with Gasteiger partial charge in [0, 0.05) is 0 Å². The van der Waals surface area contributed by atoms with Gasteiger partial charge in [-0.1, -0.05) is 13.8 Å². The fourth-order valence-electron chi connectivity index (χ4n) is 1.24. The van der Waals surface area contributed by atoms with Gasteiger partial charge in [-0.15, -0.1) is 0 Å². The summed E-state index contributed by atoms with van der Waals surface area (Å²) in [7, 11) is 0. The maximum atomic E-state index is 11.5. The largest absolute Gasteiger partial charge is 0.493 e. The molecule has 14 heavy (non-hydrogen) atoms. The summed E-state index contributed by atoms with van der Waals surface area (Å²) in [4.78, 5) is 18.1. The third-order valence-electron chi connectivity index (χ3n) is 1.84. The summed E-state index contributed by atoms with van der Waals surface area (Å²) in [6, 6.07) is 0. The van der Waals surface area contributed by atoms with Crippen LogP contribution in [0.1, 0.15) is 31.2 Å². The molecule has 0 saturated carbocycles. The van der Waals surface area contributed by atoms with Gasteiger partial charge in [0.05, 0.1) is 11.3 Å². The molecule has 1 aromatic heterocycles. The number of nitrogens with one attached hydrogen (secondary N) is 1. The Morgan fingerprint density at radius 2 is 2.21 bits per heavy atom. The molecule has 78 valence electrons. The van der Waals surface area contributed by atoms with Crippen molar-refractivity contribution in [3.63, 3.8) is 0 Å². The number of aromatic nitrogens is 2. The molecule has 0 spiro atoms. The van der Waals surface area contributed by atoms with Crippen molar-refractivity contribution in [2.75, 3.05) is 6.26 Å². The third-order valence-corrected chi connectivity index (χ3v) is 2.40. The van der Waals surface area contributed by atoms with Crippen molar-refractivity contribution in [3.05, 3.63) is 21.7 Å². The zero-order chi connectivity index (χ0) is 10.7. The highest BCUT2D eigenvalue weighted by atomic mass is 32.2. The molecule has 0 aliphatic carbocycles. The zero-order valence-corrected chi connectivity index (χ0v) is 9.31. The van der Waals surface area contributed by atoms with Crippen molar-refractivity contribution < 1.29 is 5.11 Å². The van der Waals surface area contributed by atoms with Crippen molar-refractivity contribution in [2.24, 2.45) is 0 Å². The first-order valence-electron chi connectivity index (χ1n) is 4.37. The predicted molar refractivity (Wildman–Crippen MR) is 57.8 cm³/mol. The second kappa shape index (κ2) is 4.50. The van der Waals surface area contributed by atoms with Crippen molar-refractivity contribution in [1.82, 2.24) is 9.97 Å². The summed E-state index contributed by atoms with van der Waals surface area (Å²) in [5.74, 6) is 0.952. The van der Waals surface area contributed by atoms with Gasteiger partial charge in [-0.25, -0.2) is 0 Å². The number of aromatic hydroxyl groups is 1. The molecule has 0 fully saturated rings. The molecular weight excluding hydrogens is 200 g/mol. The molecule has 0 aliphatic heterocycles. The van der Waals surface area contributed by atoms with Gasteiger partial charge < -0.3 is 10.1 Å². The molecule has 0 aromatic carbocycles. The van der Waals surface area contributed by atoms with E-state index in [1.165, 1.54) is 0 Å². The van der Waals surface area contributed by atoms with Crippen LogP contribution in [-0.4, -0.2) is 21.3 Å². The average Bonchev–Trinajstić information content (AvgIpc) is 2.01. The fourth-order valence-corrected chi connectivity index (χ4v) is 1.65. The Morgan fingerprint density at radius 1 is 1.57 bits per heavy atom. The van der Waals surface area contributed by atoms with Crippen molar-refractivity contribution >= 4 is 11.8 Å². The standard InChI is InChI=1S/C9H14N2O2S/c1-5(2)7-8(12)10-6(4-14-3)11-9(7)13/h5H,4H2,1-3H3,(H2,10,11,12,13). The van der Waals surface area contributed by atoms with Crippen molar-refractivity contribution in [2.45, 2.75) is 25.5 Å². The Labute approximate surface area is 86.8 Å². The average molecular weight is 214 g/mol. The molecule has 0 radical (unpaired) electrons. The van der Waals surface area contributed by atoms with Gasteiger partial charge in [0.1, 0.15) is 5.82 Å². The van der Waals surface area contributed by atoms with Crippen LogP contribution in [0.2, 0.25) is 0 Å². The van der Waals surface area contributed by atoms with Crippen LogP contribution in [0.4, 0.5) is 0 Å². The number of aromatic amines is 1. The van der Waals surface area contributed by atoms with E-state index in [9.17, 15) is 9.90 Å². The highest BCUT2D eigenvalue weighted by Crippen LogP contribution is 2.19. The van der Waals surface area contributed by atoms with Gasteiger partial charge >= 0.3 is 0 Å². The summed E-state index contributed by atoms with van der Waals surface area (Å²) in [5, 5.41) is 9.53. The quantitative estimate of drug-likeness (QED) is 0.799. The van der Waals surface area contributed by atoms with E-state index in [1.54, 1.807) is 11.8 Å². The van der Waals surface area contributed by atoms with E-state index >= 15 is 0 Å². The van der Waals surface area contributed by atoms with Gasteiger partial charge in [-0.05, 0) is 12.2 Å². The summed E-state index contributed by atoms with van der Waals surface area (Å²) < 4.78 is 0. The van der Waals surface area contributed by atoms with Crippen LogP contribution in [0.15, 0.2) is 4.79 Å². The van der Waals surface area contributed by atoms with E-state index in [-0.39, 0.29) is 17.4 Å². The second-order valence-electron chi connectivity index (χ2n) is 3.34. The molecule has 0 saturated heterocycles. The molecule has 1 heterocycles. The molecule has 0 unspecified atom stereocenters. The number of hydrogen-bond donors (Lipinski definition) is 2. The summed E-state index contributed by atoms with van der Waals surface area (Å²) in [6.45, 7) is 3.69. The zero-order valence-electron chi connectivity index (χ0n) is 8.50. The highest BCUT2D eigenvalue weighted by molar-refractivity contribution is 7.97. The van der Waals surface area contributed by atoms with Crippen LogP contribution in [0.3, 0.4) is 0 Å². The van der Waals surface area contributed by atoms with Gasteiger partial charge in [0.25, 0.3) is 5.56 Å². The van der Waals surface area contributed by atoms with Crippen LogP contribution in [0.25, 0.3) is 0 Å². The van der Waals surface area contributed by atoms with Crippen molar-refractivity contribution in [1.29, 1.82) is 0 Å². The maximum absolute atomic E-state index is 11.5. The minimum absolute atomic E-state index is 0.0189. The van der Waals surface area contributed by atoms with E-state index in [1.807, 2.05) is 20.1 Å². The topological polar surface area (TPSA) is 66.0 Å². The van der Waals surface area contributed by atoms with E-state index in [0.717, 1.165) is 0 Å². The first kappa shape index (κ1) is 11.1. The highest BCUT2D eigenvalue weighted by Gasteiger charge is 2.13. The lowest BCUT2D eigenvalue weighted by Crippen LogP contribution is -2.17. The molecule has 2 N–H and O–H groups in total. The molecule has 5 heteroatoms. The van der Waals surface area contributed by atoms with Crippen LogP contribution in [-0.2, 0) is 5.75 Å². The minimum atomic E-state index is -0.239. The lowest BCUT2D eigenvalue weighted by Gasteiger charge is -2.07. The molecule has 0 atom stereocenters. The predicted octanol–water partition coefficient (Wildman–Crippen LogP) is 1.46. The smallest absolute Gasteiger partial charge is 0.258 e. The van der Waals surface area contributed by atoms with Gasteiger partial charge in [-0.3, -0.25) is 4.79 Å². The normalized spacial score (nSPS) is 10.9. The lowest BCUT2D eigenvalue weighted by atomic mass is 10.1. The number of rotatable bonds is 3. The van der Waals surface area contributed by atoms with E-state index in [2.05, 4.69) is 9.97 Å². The molecule has 0 amide bonds. The van der Waals surface area contributed by atoms with Crippen molar-refractivity contribution in [3.8, 4) is 5.88 Å². The summed E-state index contributed by atoms with van der Waals surface area (Å²) >= 11 is 1.54. The molecule has 1 rings (SSSR count). The summed E-state index contributed by atoms with van der Waals surface area (Å²) in [5.41, 5.74) is 0.117. The SMILES string of the molecule is CSCc1nc(O)c(C(C)C)c(=O)[nH]1. The lowest BCUT2D eigenvalue weighted by molar-refractivity contribution is 0.437. The first-order chi connectivity index (χ1) is 6.56. The fraction of sp³-hybridized carbons (Fsp3) is 0.556. The molecule has 0 aliphatic rings. The van der Waals surface area contributed by atoms with E-state index in [4.69, 9.17) is 0 Å². The number of thioether (sulfide) groups is 1. The van der Waals surface area contributed by atoms with Crippen LogP contribution >= 0.6 is 11.8 Å². The van der Waals surface area contributed by atoms with Crippen LogP contribution in [0.5, 0.6) is 5.88 Å². The van der Waals surface area contributed by atoms with Gasteiger partial charge in [-0.2, -0.15) is 16.7 Å². The number of H-pyrrole nitrogens is 1. The molecule has 0 bridgehead atoms. The van der Waals surface area contributed by atoms with E-state index in [0.29, 0.717) is 17.1 Å². The monoisotopic (exact) mass is 214 g/mol. The Hall–Kier alpha value is -0.970. The van der Waals surface area contributed by atoms with Gasteiger partial charge in [0.15, 0.2) is 0 Å². The second-order valence-corrected chi connectivity index (χ2v) is 4.20. The number of nitrogens with zero attached hydrogens (tertiary/aromatic N) is 1. The van der Waals surface area contributed by atoms with Crippen LogP contribution in [0, 0.1) is 0 Å². The van der Waals surface area contributed by atoms with E-state index < -0.39 is 0 Å². The minimum Gasteiger partial charge on any atom is -0.493 e. The molecular formula is C9H14N2O2S. The maximum Gasteiger partial charge on any atom is 0.258 e. The molecule has 4 nitrogen and oxygen atoms in total. The van der Waals surface area contributed by atoms with Crippen LogP contribution < -0.4 is 5.56 Å².